The molecule has 146 valence electrons. The topological polar surface area (TPSA) is 89.3 Å². The van der Waals surface area contributed by atoms with Crippen molar-refractivity contribution in [2.45, 2.75) is 26.8 Å². The van der Waals surface area contributed by atoms with Crippen molar-refractivity contribution < 1.29 is 18.4 Å². The molecule has 0 fully saturated rings. The fraction of sp³-hybridized carbons (Fsp3) is 0.250. The fourth-order valence-corrected chi connectivity index (χ4v) is 2.51. The number of rotatable bonds is 6. The lowest BCUT2D eigenvalue weighted by Gasteiger charge is -2.12. The van der Waals surface area contributed by atoms with Gasteiger partial charge in [-0.2, -0.15) is 4.98 Å². The Balaban J connectivity index is 1.65. The van der Waals surface area contributed by atoms with Crippen LogP contribution in [-0.2, 0) is 4.74 Å². The Morgan fingerprint density at radius 1 is 1.21 bits per heavy atom. The molecule has 0 aliphatic heterocycles. The molecule has 1 unspecified atom stereocenters. The second-order valence-corrected chi connectivity index (χ2v) is 6.21. The third-order valence-electron chi connectivity index (χ3n) is 4.03. The summed E-state index contributed by atoms with van der Waals surface area (Å²) in [6.07, 6.45) is -0.498. The normalized spacial score (nSPS) is 11.7. The van der Waals surface area contributed by atoms with E-state index in [1.807, 2.05) is 19.1 Å². The summed E-state index contributed by atoms with van der Waals surface area (Å²) in [5, 5.41) is 9.79. The van der Waals surface area contributed by atoms with Crippen LogP contribution in [0.3, 0.4) is 0 Å². The van der Waals surface area contributed by atoms with E-state index in [9.17, 15) is 9.18 Å². The second-order valence-electron chi connectivity index (χ2n) is 6.21. The van der Waals surface area contributed by atoms with Gasteiger partial charge < -0.3 is 14.6 Å². The lowest BCUT2D eigenvalue weighted by atomic mass is 10.1. The van der Waals surface area contributed by atoms with Crippen molar-refractivity contribution in [2.75, 3.05) is 17.2 Å². The van der Waals surface area contributed by atoms with Crippen LogP contribution < -0.4 is 10.6 Å². The highest BCUT2D eigenvalue weighted by atomic mass is 19.1. The molecule has 0 aliphatic rings. The molecule has 0 spiro atoms. The molecule has 0 saturated carbocycles. The highest BCUT2D eigenvalue weighted by Crippen LogP contribution is 2.23. The Kier molecular flexibility index (Phi) is 5.88. The molecule has 1 atom stereocenters. The summed E-state index contributed by atoms with van der Waals surface area (Å²) in [6.45, 7) is 5.62. The Bertz CT molecular complexity index is 956. The van der Waals surface area contributed by atoms with Crippen molar-refractivity contribution in [2.24, 2.45) is 0 Å². The van der Waals surface area contributed by atoms with Gasteiger partial charge in [-0.15, -0.1) is 0 Å². The van der Waals surface area contributed by atoms with Crippen molar-refractivity contribution in [1.29, 1.82) is 0 Å². The second kappa shape index (κ2) is 8.51. The largest absolute Gasteiger partial charge is 0.450 e. The van der Waals surface area contributed by atoms with Crippen LogP contribution >= 0.6 is 0 Å². The van der Waals surface area contributed by atoms with Crippen LogP contribution in [0, 0.1) is 12.7 Å². The molecule has 3 aromatic rings. The van der Waals surface area contributed by atoms with Gasteiger partial charge in [0.1, 0.15) is 11.9 Å². The van der Waals surface area contributed by atoms with E-state index in [1.165, 1.54) is 6.07 Å². The predicted octanol–water partition coefficient (Wildman–Crippen LogP) is 4.93. The minimum atomic E-state index is -0.498. The van der Waals surface area contributed by atoms with Crippen molar-refractivity contribution in [3.05, 3.63) is 59.7 Å². The number of carbonyl (C=O) groups is 1. The van der Waals surface area contributed by atoms with E-state index in [0.29, 0.717) is 35.1 Å². The first-order chi connectivity index (χ1) is 13.5. The van der Waals surface area contributed by atoms with Gasteiger partial charge in [-0.3, -0.25) is 5.32 Å². The van der Waals surface area contributed by atoms with Gasteiger partial charge in [0.25, 0.3) is 0 Å². The quantitative estimate of drug-likeness (QED) is 0.627. The molecule has 2 aromatic carbocycles. The first-order valence-electron chi connectivity index (χ1n) is 8.86. The maximum absolute atomic E-state index is 13.7. The Morgan fingerprint density at radius 2 is 1.93 bits per heavy atom. The average Bonchev–Trinajstić information content (AvgIpc) is 3.16. The minimum absolute atomic E-state index is 0.264. The van der Waals surface area contributed by atoms with Gasteiger partial charge >= 0.3 is 6.09 Å². The Morgan fingerprint density at radius 3 is 2.61 bits per heavy atom. The lowest BCUT2D eigenvalue weighted by molar-refractivity contribution is 0.168. The standard InChI is InChI=1S/C20H21FN4O3/c1-4-27-20(26)23-16-9-7-15(8-10-16)22-13(3)19-24-18(25-28-19)14-6-5-12(2)17(21)11-14/h5-11,13,22H,4H2,1-3H3,(H,23,26). The van der Waals surface area contributed by atoms with Crippen LogP contribution in [-0.4, -0.2) is 22.8 Å². The summed E-state index contributed by atoms with van der Waals surface area (Å²) < 4.78 is 23.9. The third-order valence-corrected chi connectivity index (χ3v) is 4.03. The van der Waals surface area contributed by atoms with Gasteiger partial charge in [-0.25, -0.2) is 9.18 Å². The van der Waals surface area contributed by atoms with Gasteiger partial charge in [-0.1, -0.05) is 17.3 Å². The molecule has 0 bridgehead atoms. The summed E-state index contributed by atoms with van der Waals surface area (Å²) in [6, 6.07) is 11.7. The molecule has 0 radical (unpaired) electrons. The molecule has 8 heteroatoms. The number of benzene rings is 2. The molecule has 1 heterocycles. The number of hydrogen-bond donors (Lipinski definition) is 2. The van der Waals surface area contributed by atoms with E-state index in [4.69, 9.17) is 9.26 Å². The van der Waals surface area contributed by atoms with Gasteiger partial charge in [-0.05, 0) is 56.7 Å². The number of anilines is 2. The maximum atomic E-state index is 13.7. The fourth-order valence-electron chi connectivity index (χ4n) is 2.51. The zero-order chi connectivity index (χ0) is 20.1. The molecule has 0 aliphatic carbocycles. The molecule has 7 nitrogen and oxygen atoms in total. The number of carbonyl (C=O) groups excluding carboxylic acids is 1. The Hall–Kier alpha value is -3.42. The zero-order valence-corrected chi connectivity index (χ0v) is 15.8. The van der Waals surface area contributed by atoms with Crippen molar-refractivity contribution >= 4 is 17.5 Å². The number of hydrogen-bond acceptors (Lipinski definition) is 6. The number of ether oxygens (including phenoxy) is 1. The van der Waals surface area contributed by atoms with Crippen LogP contribution in [0.5, 0.6) is 0 Å². The van der Waals surface area contributed by atoms with Crippen LogP contribution in [0.2, 0.25) is 0 Å². The van der Waals surface area contributed by atoms with Crippen LogP contribution in [0.15, 0.2) is 47.0 Å². The zero-order valence-electron chi connectivity index (χ0n) is 15.8. The van der Waals surface area contributed by atoms with E-state index in [2.05, 4.69) is 20.8 Å². The van der Waals surface area contributed by atoms with Crippen molar-refractivity contribution in [3.8, 4) is 11.4 Å². The lowest BCUT2D eigenvalue weighted by Crippen LogP contribution is -2.13. The molecule has 2 N–H and O–H groups in total. The van der Waals surface area contributed by atoms with Gasteiger partial charge in [0, 0.05) is 16.9 Å². The number of aryl methyl sites for hydroxylation is 1. The number of halogens is 1. The van der Waals surface area contributed by atoms with E-state index >= 15 is 0 Å². The molecule has 0 saturated heterocycles. The summed E-state index contributed by atoms with van der Waals surface area (Å²) in [5.41, 5.74) is 2.55. The third kappa shape index (κ3) is 4.64. The highest BCUT2D eigenvalue weighted by Gasteiger charge is 2.16. The maximum Gasteiger partial charge on any atom is 0.411 e. The van der Waals surface area contributed by atoms with E-state index in [0.717, 1.165) is 5.69 Å². The number of nitrogens with one attached hydrogen (secondary N) is 2. The van der Waals surface area contributed by atoms with Gasteiger partial charge in [0.2, 0.25) is 11.7 Å². The van der Waals surface area contributed by atoms with Gasteiger partial charge in [0.05, 0.1) is 6.61 Å². The molecule has 3 rings (SSSR count). The summed E-state index contributed by atoms with van der Waals surface area (Å²) in [4.78, 5) is 15.8. The van der Waals surface area contributed by atoms with Gasteiger partial charge in [0.15, 0.2) is 0 Å². The minimum Gasteiger partial charge on any atom is -0.450 e. The average molecular weight is 384 g/mol. The molecule has 1 amide bonds. The molecule has 1 aromatic heterocycles. The first kappa shape index (κ1) is 19.3. The SMILES string of the molecule is CCOC(=O)Nc1ccc(NC(C)c2nc(-c3ccc(C)c(F)c3)no2)cc1. The van der Waals surface area contributed by atoms with E-state index in [-0.39, 0.29) is 11.9 Å². The summed E-state index contributed by atoms with van der Waals surface area (Å²) in [7, 11) is 0. The number of nitrogens with zero attached hydrogens (tertiary/aromatic N) is 2. The molecular weight excluding hydrogens is 363 g/mol. The smallest absolute Gasteiger partial charge is 0.411 e. The van der Waals surface area contributed by atoms with E-state index in [1.54, 1.807) is 38.1 Å². The highest BCUT2D eigenvalue weighted by molar-refractivity contribution is 5.84. The van der Waals surface area contributed by atoms with Crippen LogP contribution in [0.1, 0.15) is 31.3 Å². The monoisotopic (exact) mass is 384 g/mol. The summed E-state index contributed by atoms with van der Waals surface area (Å²) in [5.74, 6) is 0.396. The van der Waals surface area contributed by atoms with E-state index < -0.39 is 6.09 Å². The van der Waals surface area contributed by atoms with Crippen LogP contribution in [0.4, 0.5) is 20.6 Å². The first-order valence-corrected chi connectivity index (χ1v) is 8.86. The molecule has 28 heavy (non-hydrogen) atoms. The van der Waals surface area contributed by atoms with Crippen molar-refractivity contribution in [1.82, 2.24) is 10.1 Å². The number of aromatic nitrogens is 2. The van der Waals surface area contributed by atoms with Crippen LogP contribution in [0.25, 0.3) is 11.4 Å². The predicted molar refractivity (Wildman–Crippen MR) is 104 cm³/mol. The summed E-state index contributed by atoms with van der Waals surface area (Å²) >= 11 is 0. The van der Waals surface area contributed by atoms with Crippen molar-refractivity contribution in [3.63, 3.8) is 0 Å². The Labute approximate surface area is 161 Å². The molecular formula is C20H21FN4O3. The number of amides is 1.